The Hall–Kier alpha value is -1.72. The van der Waals surface area contributed by atoms with Crippen LogP contribution in [0.1, 0.15) is 18.0 Å². The predicted octanol–water partition coefficient (Wildman–Crippen LogP) is 2.19. The molecule has 1 heterocycles. The molecule has 1 aliphatic heterocycles. The van der Waals surface area contributed by atoms with E-state index < -0.39 is 18.3 Å². The van der Waals surface area contributed by atoms with Gasteiger partial charge in [0.15, 0.2) is 6.10 Å². The first-order valence-electron chi connectivity index (χ1n) is 5.04. The van der Waals surface area contributed by atoms with Crippen LogP contribution in [-0.4, -0.2) is 18.7 Å². The Balaban J connectivity index is 2.32. The molecular formula is C11H10F3NO2. The number of para-hydroxylation sites is 1. The molecule has 0 bridgehead atoms. The van der Waals surface area contributed by atoms with Crippen molar-refractivity contribution < 1.29 is 22.7 Å². The van der Waals surface area contributed by atoms with Gasteiger partial charge in [0, 0.05) is 12.0 Å². The van der Waals surface area contributed by atoms with Gasteiger partial charge in [0.2, 0.25) is 6.41 Å². The quantitative estimate of drug-likeness (QED) is 0.811. The van der Waals surface area contributed by atoms with Crippen LogP contribution in [0.25, 0.3) is 0 Å². The Morgan fingerprint density at radius 2 is 2.06 bits per heavy atom. The molecule has 2 atom stereocenters. The van der Waals surface area contributed by atoms with E-state index in [9.17, 15) is 18.0 Å². The number of halogens is 3. The lowest BCUT2D eigenvalue weighted by atomic mass is 9.96. The monoisotopic (exact) mass is 245 g/mol. The number of hydrogen-bond donors (Lipinski definition) is 1. The highest BCUT2D eigenvalue weighted by Gasteiger charge is 2.46. The third-order valence-corrected chi connectivity index (χ3v) is 2.65. The van der Waals surface area contributed by atoms with E-state index in [0.29, 0.717) is 12.0 Å². The lowest BCUT2D eigenvalue weighted by molar-refractivity contribution is -0.201. The van der Waals surface area contributed by atoms with Crippen LogP contribution in [-0.2, 0) is 4.79 Å². The molecule has 92 valence electrons. The highest BCUT2D eigenvalue weighted by molar-refractivity contribution is 5.50. The number of amides is 1. The molecule has 3 nitrogen and oxygen atoms in total. The fourth-order valence-electron chi connectivity index (χ4n) is 1.86. The van der Waals surface area contributed by atoms with Crippen LogP contribution in [0.15, 0.2) is 24.3 Å². The van der Waals surface area contributed by atoms with E-state index in [1.165, 1.54) is 6.07 Å². The molecule has 1 N–H and O–H groups in total. The van der Waals surface area contributed by atoms with Crippen LogP contribution in [0.5, 0.6) is 5.75 Å². The summed E-state index contributed by atoms with van der Waals surface area (Å²) in [4.78, 5) is 10.4. The van der Waals surface area contributed by atoms with Gasteiger partial charge in [0.05, 0.1) is 6.04 Å². The summed E-state index contributed by atoms with van der Waals surface area (Å²) in [6.07, 6.45) is -6.22. The summed E-state index contributed by atoms with van der Waals surface area (Å²) < 4.78 is 42.7. The van der Waals surface area contributed by atoms with Crippen molar-refractivity contribution in [2.24, 2.45) is 0 Å². The number of ether oxygens (including phenoxy) is 1. The molecule has 0 saturated heterocycles. The Morgan fingerprint density at radius 3 is 2.71 bits per heavy atom. The maximum Gasteiger partial charge on any atom is 0.425 e. The fourth-order valence-corrected chi connectivity index (χ4v) is 1.86. The molecule has 1 aromatic rings. The molecule has 2 unspecified atom stereocenters. The van der Waals surface area contributed by atoms with Crippen LogP contribution in [0.2, 0.25) is 0 Å². The molecule has 1 aromatic carbocycles. The standard InChI is InChI=1S/C11H10F3NO2/c12-11(13,14)10-5-8(15-6-16)7-3-1-2-4-9(7)17-10/h1-4,6,8,10H,5H2,(H,15,16). The molecule has 6 heteroatoms. The van der Waals surface area contributed by atoms with Crippen molar-refractivity contribution in [2.45, 2.75) is 24.7 Å². The van der Waals surface area contributed by atoms with Gasteiger partial charge in [-0.1, -0.05) is 18.2 Å². The second kappa shape index (κ2) is 4.27. The number of alkyl halides is 3. The normalized spacial score (nSPS) is 23.5. The number of benzene rings is 1. The second-order valence-corrected chi connectivity index (χ2v) is 3.76. The van der Waals surface area contributed by atoms with Gasteiger partial charge < -0.3 is 10.1 Å². The van der Waals surface area contributed by atoms with Gasteiger partial charge >= 0.3 is 6.18 Å². The van der Waals surface area contributed by atoms with Crippen LogP contribution >= 0.6 is 0 Å². The van der Waals surface area contributed by atoms with Crippen molar-refractivity contribution >= 4 is 6.41 Å². The molecule has 0 aliphatic carbocycles. The summed E-state index contributed by atoms with van der Waals surface area (Å²) in [7, 11) is 0. The smallest absolute Gasteiger partial charge is 0.425 e. The van der Waals surface area contributed by atoms with E-state index in [0.717, 1.165) is 0 Å². The number of nitrogens with one attached hydrogen (secondary N) is 1. The molecule has 2 rings (SSSR count). The van der Waals surface area contributed by atoms with Gasteiger partial charge in [-0.05, 0) is 6.07 Å². The second-order valence-electron chi connectivity index (χ2n) is 3.76. The summed E-state index contributed by atoms with van der Waals surface area (Å²) in [5, 5.41) is 2.38. The Kier molecular flexibility index (Phi) is 2.95. The van der Waals surface area contributed by atoms with Gasteiger partial charge in [0.1, 0.15) is 5.75 Å². The minimum absolute atomic E-state index is 0.167. The zero-order valence-corrected chi connectivity index (χ0v) is 8.70. The van der Waals surface area contributed by atoms with Crippen LogP contribution in [0.4, 0.5) is 13.2 Å². The van der Waals surface area contributed by atoms with Crippen molar-refractivity contribution in [1.82, 2.24) is 5.32 Å². The summed E-state index contributed by atoms with van der Waals surface area (Å²) in [6, 6.07) is 5.73. The number of hydrogen-bond acceptors (Lipinski definition) is 2. The average molecular weight is 245 g/mol. The Labute approximate surface area is 95.6 Å². The topological polar surface area (TPSA) is 38.3 Å². The van der Waals surface area contributed by atoms with Crippen molar-refractivity contribution in [3.8, 4) is 5.75 Å². The van der Waals surface area contributed by atoms with Crippen molar-refractivity contribution in [3.63, 3.8) is 0 Å². The fraction of sp³-hybridized carbons (Fsp3) is 0.364. The number of fused-ring (bicyclic) bond motifs is 1. The third-order valence-electron chi connectivity index (χ3n) is 2.65. The number of carbonyl (C=O) groups is 1. The van der Waals surface area contributed by atoms with Gasteiger partial charge in [-0.3, -0.25) is 4.79 Å². The zero-order chi connectivity index (χ0) is 12.5. The van der Waals surface area contributed by atoms with Gasteiger partial charge in [0.25, 0.3) is 0 Å². The molecule has 0 fully saturated rings. The first kappa shape index (κ1) is 11.8. The number of rotatable bonds is 2. The van der Waals surface area contributed by atoms with E-state index in [1.54, 1.807) is 18.2 Å². The van der Waals surface area contributed by atoms with Crippen molar-refractivity contribution in [3.05, 3.63) is 29.8 Å². The molecule has 1 amide bonds. The summed E-state index contributed by atoms with van der Waals surface area (Å²) in [5.74, 6) is 0.167. The van der Waals surface area contributed by atoms with Gasteiger partial charge in [-0.2, -0.15) is 13.2 Å². The first-order chi connectivity index (χ1) is 8.02. The third kappa shape index (κ3) is 2.35. The average Bonchev–Trinajstić information content (AvgIpc) is 2.28. The highest BCUT2D eigenvalue weighted by Crippen LogP contribution is 2.39. The number of carbonyl (C=O) groups excluding carboxylic acids is 1. The molecule has 0 saturated carbocycles. The SMILES string of the molecule is O=CNC1CC(C(F)(F)F)Oc2ccccc21. The summed E-state index contributed by atoms with van der Waals surface area (Å²) in [6.45, 7) is 0. The van der Waals surface area contributed by atoms with Crippen LogP contribution in [0, 0.1) is 0 Å². The highest BCUT2D eigenvalue weighted by atomic mass is 19.4. The molecule has 1 aliphatic rings. The van der Waals surface area contributed by atoms with Crippen molar-refractivity contribution in [1.29, 1.82) is 0 Å². The summed E-state index contributed by atoms with van der Waals surface area (Å²) >= 11 is 0. The minimum atomic E-state index is -4.43. The largest absolute Gasteiger partial charge is 0.480 e. The molecule has 0 aromatic heterocycles. The molecule has 0 spiro atoms. The van der Waals surface area contributed by atoms with Crippen LogP contribution < -0.4 is 10.1 Å². The van der Waals surface area contributed by atoms with Gasteiger partial charge in [-0.15, -0.1) is 0 Å². The minimum Gasteiger partial charge on any atom is -0.480 e. The Bertz CT molecular complexity index is 419. The van der Waals surface area contributed by atoms with E-state index in [-0.39, 0.29) is 12.2 Å². The first-order valence-corrected chi connectivity index (χ1v) is 5.04. The van der Waals surface area contributed by atoms with E-state index in [4.69, 9.17) is 4.74 Å². The Morgan fingerprint density at radius 1 is 1.35 bits per heavy atom. The maximum atomic E-state index is 12.6. The van der Waals surface area contributed by atoms with E-state index in [1.807, 2.05) is 0 Å². The van der Waals surface area contributed by atoms with E-state index in [2.05, 4.69) is 5.32 Å². The van der Waals surface area contributed by atoms with Crippen LogP contribution in [0.3, 0.4) is 0 Å². The predicted molar refractivity (Wildman–Crippen MR) is 53.5 cm³/mol. The lowest BCUT2D eigenvalue weighted by Gasteiger charge is -2.32. The van der Waals surface area contributed by atoms with Crippen molar-refractivity contribution in [2.75, 3.05) is 0 Å². The summed E-state index contributed by atoms with van der Waals surface area (Å²) in [5.41, 5.74) is 0.570. The lowest BCUT2D eigenvalue weighted by Crippen LogP contribution is -2.41. The molecular weight excluding hydrogens is 235 g/mol. The maximum absolute atomic E-state index is 12.6. The molecule has 0 radical (unpaired) electrons. The van der Waals surface area contributed by atoms with E-state index >= 15 is 0 Å². The van der Waals surface area contributed by atoms with Gasteiger partial charge in [-0.25, -0.2) is 0 Å². The molecule has 17 heavy (non-hydrogen) atoms. The zero-order valence-electron chi connectivity index (χ0n) is 8.70.